The van der Waals surface area contributed by atoms with Gasteiger partial charge in [-0.15, -0.1) is 0 Å². The van der Waals surface area contributed by atoms with Crippen LogP contribution < -0.4 is 4.72 Å². The molecule has 0 spiro atoms. The molecule has 4 heteroatoms. The molecule has 0 aliphatic rings. The molecule has 0 atom stereocenters. The molecule has 0 amide bonds. The maximum Gasteiger partial charge on any atom is 0.261 e. The van der Waals surface area contributed by atoms with E-state index in [2.05, 4.69) is 31.6 Å². The molecule has 0 heterocycles. The standard InChI is InChI=1S/C16H18NO2S/c1-16(2,3)13-9-11-15(12-10-13)20(18,19)17-14-7-5-4-6-8-14/h4-5,7-12,17H,1-3H3. The van der Waals surface area contributed by atoms with Crippen molar-refractivity contribution >= 4 is 15.7 Å². The van der Waals surface area contributed by atoms with Gasteiger partial charge in [0.1, 0.15) is 0 Å². The number of nitrogens with one attached hydrogen (secondary N) is 1. The normalized spacial score (nSPS) is 12.2. The Morgan fingerprint density at radius 3 is 2.20 bits per heavy atom. The second-order valence-electron chi connectivity index (χ2n) is 5.67. The van der Waals surface area contributed by atoms with Gasteiger partial charge in [-0.3, -0.25) is 4.72 Å². The highest BCUT2D eigenvalue weighted by atomic mass is 32.2. The Morgan fingerprint density at radius 2 is 1.70 bits per heavy atom. The highest BCUT2D eigenvalue weighted by molar-refractivity contribution is 7.92. The van der Waals surface area contributed by atoms with E-state index in [0.717, 1.165) is 5.56 Å². The molecule has 0 aromatic heterocycles. The largest absolute Gasteiger partial charge is 0.280 e. The molecule has 0 saturated heterocycles. The summed E-state index contributed by atoms with van der Waals surface area (Å²) in [7, 11) is -3.55. The molecule has 0 bridgehead atoms. The summed E-state index contributed by atoms with van der Waals surface area (Å²) >= 11 is 0. The predicted octanol–water partition coefficient (Wildman–Crippen LogP) is 3.59. The lowest BCUT2D eigenvalue weighted by Gasteiger charge is -2.19. The van der Waals surface area contributed by atoms with Crippen molar-refractivity contribution in [3.05, 3.63) is 60.2 Å². The summed E-state index contributed by atoms with van der Waals surface area (Å²) in [5.74, 6) is 0. The lowest BCUT2D eigenvalue weighted by molar-refractivity contribution is 0.587. The van der Waals surface area contributed by atoms with Crippen LogP contribution in [-0.2, 0) is 15.4 Å². The topological polar surface area (TPSA) is 46.2 Å². The van der Waals surface area contributed by atoms with Crippen LogP contribution in [0, 0.1) is 6.07 Å². The van der Waals surface area contributed by atoms with Gasteiger partial charge in [-0.25, -0.2) is 8.42 Å². The van der Waals surface area contributed by atoms with E-state index in [0.29, 0.717) is 5.69 Å². The summed E-state index contributed by atoms with van der Waals surface area (Å²) in [5.41, 5.74) is 1.61. The van der Waals surface area contributed by atoms with Gasteiger partial charge in [0.05, 0.1) is 4.90 Å². The molecule has 2 aromatic rings. The molecule has 0 unspecified atom stereocenters. The van der Waals surface area contributed by atoms with Crippen molar-refractivity contribution < 1.29 is 8.42 Å². The van der Waals surface area contributed by atoms with Crippen LogP contribution in [-0.4, -0.2) is 8.42 Å². The highest BCUT2D eigenvalue weighted by Crippen LogP contribution is 2.24. The molecular weight excluding hydrogens is 270 g/mol. The zero-order valence-electron chi connectivity index (χ0n) is 11.8. The first-order valence-corrected chi connectivity index (χ1v) is 7.87. The molecule has 0 fully saturated rings. The Bertz CT molecular complexity index is 669. The van der Waals surface area contributed by atoms with Gasteiger partial charge < -0.3 is 0 Å². The van der Waals surface area contributed by atoms with E-state index >= 15 is 0 Å². The van der Waals surface area contributed by atoms with Gasteiger partial charge in [0.15, 0.2) is 0 Å². The lowest BCUT2D eigenvalue weighted by Crippen LogP contribution is -2.14. The van der Waals surface area contributed by atoms with Crippen molar-refractivity contribution in [1.82, 2.24) is 0 Å². The second kappa shape index (κ2) is 5.29. The Morgan fingerprint density at radius 1 is 1.05 bits per heavy atom. The van der Waals surface area contributed by atoms with E-state index in [1.807, 2.05) is 12.1 Å². The summed E-state index contributed by atoms with van der Waals surface area (Å²) in [4.78, 5) is 0.259. The minimum absolute atomic E-state index is 0.00408. The molecule has 1 N–H and O–H groups in total. The zero-order valence-corrected chi connectivity index (χ0v) is 12.7. The molecule has 1 radical (unpaired) electrons. The van der Waals surface area contributed by atoms with E-state index in [1.54, 1.807) is 36.4 Å². The molecular formula is C16H18NO2S. The van der Waals surface area contributed by atoms with E-state index < -0.39 is 10.0 Å². The SMILES string of the molecule is CC(C)(C)c1ccc(S(=O)(=O)Nc2c[c]ccc2)cc1. The van der Waals surface area contributed by atoms with Crippen molar-refractivity contribution in [3.8, 4) is 0 Å². The second-order valence-corrected chi connectivity index (χ2v) is 7.35. The van der Waals surface area contributed by atoms with Crippen molar-refractivity contribution in [2.75, 3.05) is 4.72 Å². The van der Waals surface area contributed by atoms with Crippen LogP contribution >= 0.6 is 0 Å². The molecule has 2 rings (SSSR count). The van der Waals surface area contributed by atoms with Crippen LogP contribution in [0.5, 0.6) is 0 Å². The number of benzene rings is 2. The van der Waals surface area contributed by atoms with Gasteiger partial charge in [0, 0.05) is 5.69 Å². The number of rotatable bonds is 3. The summed E-state index contributed by atoms with van der Waals surface area (Å²) in [6, 6.07) is 16.6. The highest BCUT2D eigenvalue weighted by Gasteiger charge is 2.17. The zero-order chi connectivity index (χ0) is 14.8. The Labute approximate surface area is 120 Å². The van der Waals surface area contributed by atoms with E-state index in [4.69, 9.17) is 0 Å². The average Bonchev–Trinajstić information content (AvgIpc) is 2.38. The summed E-state index contributed by atoms with van der Waals surface area (Å²) in [6.45, 7) is 6.28. The first-order valence-electron chi connectivity index (χ1n) is 6.38. The first-order chi connectivity index (χ1) is 9.29. The van der Waals surface area contributed by atoms with Crippen LogP contribution in [0.25, 0.3) is 0 Å². The molecule has 2 aromatic carbocycles. The fraction of sp³-hybridized carbons (Fsp3) is 0.250. The van der Waals surface area contributed by atoms with E-state index in [9.17, 15) is 8.42 Å². The Balaban J connectivity index is 2.27. The predicted molar refractivity (Wildman–Crippen MR) is 81.2 cm³/mol. The van der Waals surface area contributed by atoms with Gasteiger partial charge in [-0.2, -0.15) is 0 Å². The van der Waals surface area contributed by atoms with Gasteiger partial charge in [-0.1, -0.05) is 45.0 Å². The average molecular weight is 288 g/mol. The minimum Gasteiger partial charge on any atom is -0.280 e. The number of hydrogen-bond acceptors (Lipinski definition) is 2. The Kier molecular flexibility index (Phi) is 3.86. The third-order valence-corrected chi connectivity index (χ3v) is 4.39. The van der Waals surface area contributed by atoms with Gasteiger partial charge >= 0.3 is 0 Å². The summed E-state index contributed by atoms with van der Waals surface area (Å²) in [6.07, 6.45) is 0. The first kappa shape index (κ1) is 14.6. The molecule has 0 aliphatic heterocycles. The van der Waals surface area contributed by atoms with E-state index in [1.165, 1.54) is 0 Å². The summed E-state index contributed by atoms with van der Waals surface area (Å²) in [5, 5.41) is 0. The number of anilines is 1. The number of hydrogen-bond donors (Lipinski definition) is 1. The minimum atomic E-state index is -3.55. The van der Waals surface area contributed by atoms with Crippen molar-refractivity contribution in [2.45, 2.75) is 31.1 Å². The molecule has 20 heavy (non-hydrogen) atoms. The number of sulfonamides is 1. The maximum atomic E-state index is 12.2. The molecule has 0 aliphatic carbocycles. The van der Waals surface area contributed by atoms with Crippen molar-refractivity contribution in [3.63, 3.8) is 0 Å². The maximum absolute atomic E-state index is 12.2. The fourth-order valence-electron chi connectivity index (χ4n) is 1.80. The van der Waals surface area contributed by atoms with Crippen LogP contribution in [0.15, 0.2) is 53.4 Å². The van der Waals surface area contributed by atoms with Gasteiger partial charge in [0.25, 0.3) is 10.0 Å². The van der Waals surface area contributed by atoms with Crippen LogP contribution in [0.2, 0.25) is 0 Å². The third-order valence-electron chi connectivity index (χ3n) is 2.99. The fourth-order valence-corrected chi connectivity index (χ4v) is 2.85. The molecule has 105 valence electrons. The van der Waals surface area contributed by atoms with E-state index in [-0.39, 0.29) is 10.3 Å². The van der Waals surface area contributed by atoms with Gasteiger partial charge in [-0.05, 0) is 41.3 Å². The summed E-state index contributed by atoms with van der Waals surface area (Å²) < 4.78 is 27.0. The van der Waals surface area contributed by atoms with Crippen LogP contribution in [0.3, 0.4) is 0 Å². The molecule has 0 saturated carbocycles. The monoisotopic (exact) mass is 288 g/mol. The smallest absolute Gasteiger partial charge is 0.261 e. The van der Waals surface area contributed by atoms with Crippen LogP contribution in [0.4, 0.5) is 5.69 Å². The lowest BCUT2D eigenvalue weighted by atomic mass is 9.87. The Hall–Kier alpha value is -1.81. The van der Waals surface area contributed by atoms with Gasteiger partial charge in [0.2, 0.25) is 0 Å². The quantitative estimate of drug-likeness (QED) is 0.938. The van der Waals surface area contributed by atoms with Crippen LogP contribution in [0.1, 0.15) is 26.3 Å². The van der Waals surface area contributed by atoms with Crippen molar-refractivity contribution in [2.24, 2.45) is 0 Å². The van der Waals surface area contributed by atoms with Crippen molar-refractivity contribution in [1.29, 1.82) is 0 Å². The third kappa shape index (κ3) is 3.39. The molecule has 3 nitrogen and oxygen atoms in total.